The Morgan fingerprint density at radius 2 is 2.04 bits per heavy atom. The van der Waals surface area contributed by atoms with Gasteiger partial charge in [0.25, 0.3) is 0 Å². The van der Waals surface area contributed by atoms with E-state index in [-0.39, 0.29) is 0 Å². The van der Waals surface area contributed by atoms with Crippen molar-refractivity contribution in [3.05, 3.63) is 23.9 Å². The van der Waals surface area contributed by atoms with Gasteiger partial charge in [0.1, 0.15) is 5.82 Å². The summed E-state index contributed by atoms with van der Waals surface area (Å²) in [4.78, 5) is 11.2. The lowest BCUT2D eigenvalue weighted by molar-refractivity contribution is 0.122. The maximum absolute atomic E-state index is 5.44. The molecule has 0 radical (unpaired) electrons. The third-order valence-electron chi connectivity index (χ3n) is 4.56. The van der Waals surface area contributed by atoms with E-state index in [4.69, 9.17) is 4.74 Å². The summed E-state index contributed by atoms with van der Waals surface area (Å²) in [6, 6.07) is 4.11. The molecule has 6 nitrogen and oxygen atoms in total. The molecule has 6 heteroatoms. The largest absolute Gasteiger partial charge is 0.378 e. The van der Waals surface area contributed by atoms with Crippen LogP contribution in [0.4, 0.5) is 5.82 Å². The van der Waals surface area contributed by atoms with Crippen molar-refractivity contribution in [1.29, 1.82) is 0 Å². The number of rotatable bonds is 7. The smallest absolute Gasteiger partial charge is 0.191 e. The van der Waals surface area contributed by atoms with Gasteiger partial charge in [0.15, 0.2) is 5.96 Å². The standard InChI is InChI=1S/C18H31N5O/c1-4-15(5-2)13-21-18(19-3)22-14-16-7-6-8-20-17(16)23-9-11-24-12-10-23/h6-8,15H,4-5,9-14H2,1-3H3,(H2,19,21,22). The second-order valence-electron chi connectivity index (χ2n) is 6.07. The predicted molar refractivity (Wildman–Crippen MR) is 99.5 cm³/mol. The summed E-state index contributed by atoms with van der Waals surface area (Å²) < 4.78 is 5.44. The average molecular weight is 333 g/mol. The number of pyridine rings is 1. The fraction of sp³-hybridized carbons (Fsp3) is 0.667. The van der Waals surface area contributed by atoms with Gasteiger partial charge in [-0.2, -0.15) is 0 Å². The lowest BCUT2D eigenvalue weighted by Crippen LogP contribution is -2.40. The highest BCUT2D eigenvalue weighted by molar-refractivity contribution is 5.79. The first-order valence-corrected chi connectivity index (χ1v) is 8.99. The van der Waals surface area contributed by atoms with E-state index < -0.39 is 0 Å². The molecule has 0 spiro atoms. The zero-order chi connectivity index (χ0) is 17.2. The summed E-state index contributed by atoms with van der Waals surface area (Å²) in [5, 5.41) is 6.84. The van der Waals surface area contributed by atoms with Crippen molar-refractivity contribution < 1.29 is 4.74 Å². The van der Waals surface area contributed by atoms with Crippen LogP contribution in [0.2, 0.25) is 0 Å². The van der Waals surface area contributed by atoms with Crippen LogP contribution in [0.3, 0.4) is 0 Å². The van der Waals surface area contributed by atoms with E-state index in [1.165, 1.54) is 18.4 Å². The Hall–Kier alpha value is -1.82. The number of guanidine groups is 1. The molecule has 0 saturated carbocycles. The van der Waals surface area contributed by atoms with Gasteiger partial charge in [0.2, 0.25) is 0 Å². The molecule has 0 unspecified atom stereocenters. The number of hydrogen-bond acceptors (Lipinski definition) is 4. The van der Waals surface area contributed by atoms with Gasteiger partial charge in [-0.1, -0.05) is 32.8 Å². The summed E-state index contributed by atoms with van der Waals surface area (Å²) in [5.74, 6) is 2.58. The summed E-state index contributed by atoms with van der Waals surface area (Å²) in [6.07, 6.45) is 4.23. The fourth-order valence-electron chi connectivity index (χ4n) is 2.85. The molecule has 2 heterocycles. The maximum Gasteiger partial charge on any atom is 0.191 e. The van der Waals surface area contributed by atoms with E-state index in [1.54, 1.807) is 0 Å². The van der Waals surface area contributed by atoms with E-state index in [1.807, 2.05) is 19.3 Å². The van der Waals surface area contributed by atoms with Crippen LogP contribution in [0.1, 0.15) is 32.3 Å². The van der Waals surface area contributed by atoms with Gasteiger partial charge in [0.05, 0.1) is 13.2 Å². The minimum Gasteiger partial charge on any atom is -0.378 e. The predicted octanol–water partition coefficient (Wildman–Crippen LogP) is 2.02. The van der Waals surface area contributed by atoms with Gasteiger partial charge in [-0.25, -0.2) is 4.98 Å². The number of aliphatic imine (C=N–C) groups is 1. The number of nitrogens with zero attached hydrogens (tertiary/aromatic N) is 3. The fourth-order valence-corrected chi connectivity index (χ4v) is 2.85. The van der Waals surface area contributed by atoms with E-state index in [0.29, 0.717) is 12.5 Å². The van der Waals surface area contributed by atoms with Gasteiger partial charge in [-0.05, 0) is 12.0 Å². The van der Waals surface area contributed by atoms with Crippen LogP contribution < -0.4 is 15.5 Å². The Morgan fingerprint density at radius 3 is 2.71 bits per heavy atom. The molecule has 1 fully saturated rings. The Morgan fingerprint density at radius 1 is 1.29 bits per heavy atom. The van der Waals surface area contributed by atoms with E-state index in [2.05, 4.69) is 45.4 Å². The van der Waals surface area contributed by atoms with Crippen molar-refractivity contribution in [2.45, 2.75) is 33.2 Å². The normalized spacial score (nSPS) is 15.7. The minimum absolute atomic E-state index is 0.686. The molecule has 1 aliphatic rings. The molecular weight excluding hydrogens is 302 g/mol. The topological polar surface area (TPSA) is 61.8 Å². The Labute approximate surface area is 145 Å². The van der Waals surface area contributed by atoms with Crippen molar-refractivity contribution >= 4 is 11.8 Å². The molecule has 0 atom stereocenters. The lowest BCUT2D eigenvalue weighted by atomic mass is 10.0. The molecule has 0 amide bonds. The van der Waals surface area contributed by atoms with Gasteiger partial charge in [0, 0.05) is 45.0 Å². The van der Waals surface area contributed by atoms with Crippen LogP contribution in [-0.4, -0.2) is 50.8 Å². The first kappa shape index (κ1) is 18.5. The highest BCUT2D eigenvalue weighted by atomic mass is 16.5. The molecule has 0 aliphatic carbocycles. The van der Waals surface area contributed by atoms with Crippen LogP contribution >= 0.6 is 0 Å². The molecule has 0 bridgehead atoms. The monoisotopic (exact) mass is 333 g/mol. The van der Waals surface area contributed by atoms with E-state index in [0.717, 1.165) is 44.6 Å². The SMILES string of the molecule is CCC(CC)CNC(=NC)NCc1cccnc1N1CCOCC1. The number of ether oxygens (including phenoxy) is 1. The highest BCUT2D eigenvalue weighted by Gasteiger charge is 2.16. The number of nitrogens with one attached hydrogen (secondary N) is 2. The highest BCUT2D eigenvalue weighted by Crippen LogP contribution is 2.18. The van der Waals surface area contributed by atoms with Gasteiger partial charge in [-0.3, -0.25) is 4.99 Å². The number of hydrogen-bond donors (Lipinski definition) is 2. The molecule has 1 aliphatic heterocycles. The number of morpholine rings is 1. The molecular formula is C18H31N5O. The molecule has 1 aromatic heterocycles. The van der Waals surface area contributed by atoms with Crippen LogP contribution in [0.15, 0.2) is 23.3 Å². The Bertz CT molecular complexity index is 510. The summed E-state index contributed by atoms with van der Waals surface area (Å²) in [6.45, 7) is 9.45. The molecule has 24 heavy (non-hydrogen) atoms. The van der Waals surface area contributed by atoms with Crippen molar-refractivity contribution in [3.63, 3.8) is 0 Å². The second kappa shape index (κ2) is 10.1. The third kappa shape index (κ3) is 5.37. The van der Waals surface area contributed by atoms with Crippen molar-refractivity contribution in [3.8, 4) is 0 Å². The number of anilines is 1. The Kier molecular flexibility index (Phi) is 7.82. The molecule has 1 aromatic rings. The Balaban J connectivity index is 1.93. The molecule has 2 N–H and O–H groups in total. The van der Waals surface area contributed by atoms with Crippen molar-refractivity contribution in [2.75, 3.05) is 44.8 Å². The summed E-state index contributed by atoms with van der Waals surface area (Å²) in [5.41, 5.74) is 1.19. The summed E-state index contributed by atoms with van der Waals surface area (Å²) >= 11 is 0. The van der Waals surface area contributed by atoms with E-state index in [9.17, 15) is 0 Å². The average Bonchev–Trinajstić information content (AvgIpc) is 2.66. The van der Waals surface area contributed by atoms with Gasteiger partial charge >= 0.3 is 0 Å². The molecule has 134 valence electrons. The maximum atomic E-state index is 5.44. The van der Waals surface area contributed by atoms with Crippen molar-refractivity contribution in [2.24, 2.45) is 10.9 Å². The zero-order valence-corrected chi connectivity index (χ0v) is 15.2. The van der Waals surface area contributed by atoms with Crippen molar-refractivity contribution in [1.82, 2.24) is 15.6 Å². The molecule has 0 aromatic carbocycles. The first-order chi connectivity index (χ1) is 11.8. The van der Waals surface area contributed by atoms with E-state index >= 15 is 0 Å². The van der Waals surface area contributed by atoms with Gasteiger partial charge < -0.3 is 20.3 Å². The quantitative estimate of drug-likeness (QED) is 0.590. The van der Waals surface area contributed by atoms with Gasteiger partial charge in [-0.15, -0.1) is 0 Å². The molecule has 2 rings (SSSR count). The van der Waals surface area contributed by atoms with Crippen LogP contribution in [-0.2, 0) is 11.3 Å². The minimum atomic E-state index is 0.686. The first-order valence-electron chi connectivity index (χ1n) is 8.99. The number of aromatic nitrogens is 1. The van der Waals surface area contributed by atoms with Crippen LogP contribution in [0, 0.1) is 5.92 Å². The second-order valence-corrected chi connectivity index (χ2v) is 6.07. The summed E-state index contributed by atoms with van der Waals surface area (Å²) in [7, 11) is 1.81. The molecule has 1 saturated heterocycles. The zero-order valence-electron chi connectivity index (χ0n) is 15.2. The van der Waals surface area contributed by atoms with Crippen LogP contribution in [0.25, 0.3) is 0 Å². The lowest BCUT2D eigenvalue weighted by Gasteiger charge is -2.29. The van der Waals surface area contributed by atoms with Crippen LogP contribution in [0.5, 0.6) is 0 Å². The third-order valence-corrected chi connectivity index (χ3v) is 4.56.